The lowest BCUT2D eigenvalue weighted by Gasteiger charge is -2.42. The number of pyridine rings is 2. The molecule has 0 bridgehead atoms. The van der Waals surface area contributed by atoms with Gasteiger partial charge in [0.15, 0.2) is 0 Å². The van der Waals surface area contributed by atoms with Crippen LogP contribution in [0.25, 0.3) is 21.5 Å². The molecule has 2 amide bonds. The Morgan fingerprint density at radius 3 is 1.65 bits per heavy atom. The van der Waals surface area contributed by atoms with E-state index in [-0.39, 0.29) is 67.2 Å². The number of nitrogens with zero attached hydrogens (tertiary/aromatic N) is 14. The maximum atomic E-state index is 13.0. The quantitative estimate of drug-likeness (QED) is 0.0880. The van der Waals surface area contributed by atoms with Crippen molar-refractivity contribution in [2.24, 2.45) is 0 Å². The van der Waals surface area contributed by atoms with E-state index >= 15 is 0 Å². The van der Waals surface area contributed by atoms with E-state index in [1.165, 1.54) is 12.2 Å². The van der Waals surface area contributed by atoms with Gasteiger partial charge < -0.3 is 43.8 Å². The zero-order chi connectivity index (χ0) is 61.3. The molecule has 4 fully saturated rings. The van der Waals surface area contributed by atoms with E-state index in [1.807, 2.05) is 30.3 Å². The van der Waals surface area contributed by atoms with Crippen molar-refractivity contribution >= 4 is 79.6 Å². The first kappa shape index (κ1) is 59.7. The van der Waals surface area contributed by atoms with Crippen LogP contribution in [-0.2, 0) is 35.5 Å². The second kappa shape index (κ2) is 25.6. The summed E-state index contributed by atoms with van der Waals surface area (Å²) in [5, 5.41) is 47.3. The van der Waals surface area contributed by atoms with Crippen LogP contribution < -0.4 is 29.1 Å². The van der Waals surface area contributed by atoms with Gasteiger partial charge in [0, 0.05) is 128 Å². The van der Waals surface area contributed by atoms with Gasteiger partial charge in [-0.2, -0.15) is 31.0 Å². The van der Waals surface area contributed by atoms with Gasteiger partial charge in [0.1, 0.15) is 48.1 Å². The van der Waals surface area contributed by atoms with Crippen molar-refractivity contribution in [1.82, 2.24) is 29.6 Å². The predicted molar refractivity (Wildman–Crippen MR) is 342 cm³/mol. The smallest absolute Gasteiger partial charge is 0.246 e. The summed E-state index contributed by atoms with van der Waals surface area (Å²) in [4.78, 5) is 53.4. The van der Waals surface area contributed by atoms with Gasteiger partial charge in [0.25, 0.3) is 0 Å². The Hall–Kier alpha value is -8.62. The number of rotatable bonds is 15. The van der Waals surface area contributed by atoms with Crippen LogP contribution >= 0.6 is 23.2 Å². The first-order valence-corrected chi connectivity index (χ1v) is 31.2. The third-order valence-electron chi connectivity index (χ3n) is 19.1. The monoisotopic (exact) mass is 1220 g/mol. The van der Waals surface area contributed by atoms with Crippen molar-refractivity contribution < 1.29 is 19.1 Å². The second-order valence-corrected chi connectivity index (χ2v) is 24.8. The Bertz CT molecular complexity index is 3940. The zero-order valence-corrected chi connectivity index (χ0v) is 51.3. The number of aromatic nitrogens is 2. The summed E-state index contributed by atoms with van der Waals surface area (Å²) >= 11 is 14.1. The second-order valence-electron chi connectivity index (χ2n) is 24.0. The Labute approximate surface area is 524 Å². The van der Waals surface area contributed by atoms with Gasteiger partial charge in [-0.05, 0) is 111 Å². The average molecular weight is 1220 g/mol. The Kier molecular flexibility index (Phi) is 17.4. The number of likely N-dealkylation sites (N-methyl/N-ethyl adjacent to an activating group) is 2. The van der Waals surface area contributed by atoms with E-state index in [0.29, 0.717) is 118 Å². The lowest BCUT2D eigenvalue weighted by Crippen LogP contribution is -2.55. The summed E-state index contributed by atoms with van der Waals surface area (Å²) in [5.74, 6) is 1.62. The standard InChI is InChI=1S/C68H70Cl2N14O4/c1-5-61(85)83-29-27-81(37-47(83)18-22-71)65-51-20-25-79(59-17-9-12-43-11-7-15-57(69)63(43)59)39-55(51)53(34-73)68(76-65)88-42-50-32-46(36-78(50)4)45-31-44-13-8-16-58(70)64(44)60(33-45)80-26-21-52-56(40-80)54(35-74)67(87-41-49-14-10-24-77(49)3)75-66(52)82-28-30-84(62(86)6-2)48(38-82)19-23-72/h5-9,11-13,15-17,31,33,46-50H,1-2,10,14,18-21,24-30,32,36-42H2,3-4H3/t46?,47?,48-,49-,50-/m0/s1. The molecule has 2 unspecified atom stereocenters. The first-order valence-electron chi connectivity index (χ1n) is 30.4. The highest BCUT2D eigenvalue weighted by molar-refractivity contribution is 6.37. The normalized spacial score (nSPS) is 21.3. The highest BCUT2D eigenvalue weighted by atomic mass is 35.5. The van der Waals surface area contributed by atoms with Crippen molar-refractivity contribution in [2.75, 3.05) is 112 Å². The fourth-order valence-corrected chi connectivity index (χ4v) is 15.0. The molecule has 4 saturated heterocycles. The SMILES string of the molecule is C=CC(=O)N1CCN(c2nc(OC[C@@H]3CC(c4cc(N5CCc6c(N7CCN(C(=O)C=C)[C@@H](CC#N)C7)nc(OC[C@@H]7CCCN7C)c(C#N)c6C5)c5c(Cl)cccc5c4)CN3C)c(C#N)c3c2CCN(c2cccc4cccc(Cl)c24)C3)CC1CC#N. The molecular formula is C68H70Cl2N14O4. The summed E-state index contributed by atoms with van der Waals surface area (Å²) in [6.45, 7) is 14.4. The molecule has 2 aromatic heterocycles. The molecule has 20 heteroatoms. The third-order valence-corrected chi connectivity index (χ3v) is 19.8. The number of hydrogen-bond acceptors (Lipinski definition) is 16. The summed E-state index contributed by atoms with van der Waals surface area (Å²) in [6.07, 6.45) is 6.85. The molecule has 12 rings (SSSR count). The molecule has 0 saturated carbocycles. The summed E-state index contributed by atoms with van der Waals surface area (Å²) in [5.41, 5.74) is 7.46. The number of hydrogen-bond donors (Lipinski definition) is 0. The minimum Gasteiger partial charge on any atom is -0.475 e. The molecule has 6 aliphatic rings. The average Bonchev–Trinajstić information content (AvgIpc) is 3.23. The minimum atomic E-state index is -0.388. The summed E-state index contributed by atoms with van der Waals surface area (Å²) in [6, 6.07) is 31.6. The number of fused-ring (bicyclic) bond motifs is 4. The van der Waals surface area contributed by atoms with Crippen LogP contribution in [0.4, 0.5) is 23.0 Å². The molecule has 5 atom stereocenters. The summed E-state index contributed by atoms with van der Waals surface area (Å²) in [7, 11) is 4.20. The van der Waals surface area contributed by atoms with E-state index < -0.39 is 0 Å². The van der Waals surface area contributed by atoms with E-state index in [4.69, 9.17) is 42.6 Å². The fourth-order valence-electron chi connectivity index (χ4n) is 14.5. The number of ether oxygens (including phenoxy) is 2. The van der Waals surface area contributed by atoms with Gasteiger partial charge in [-0.1, -0.05) is 78.8 Å². The molecule has 4 aromatic carbocycles. The molecule has 0 aliphatic carbocycles. The van der Waals surface area contributed by atoms with Crippen molar-refractivity contribution in [3.05, 3.63) is 141 Å². The van der Waals surface area contributed by atoms with Gasteiger partial charge in [-0.3, -0.25) is 14.5 Å². The topological polar surface area (TPSA) is 199 Å². The molecule has 6 aliphatic heterocycles. The third kappa shape index (κ3) is 11.4. The van der Waals surface area contributed by atoms with E-state index in [0.717, 1.165) is 98.9 Å². The predicted octanol–water partition coefficient (Wildman–Crippen LogP) is 9.53. The van der Waals surface area contributed by atoms with Crippen molar-refractivity contribution in [1.29, 1.82) is 21.0 Å². The summed E-state index contributed by atoms with van der Waals surface area (Å²) < 4.78 is 13.5. The molecular weight excluding hydrogens is 1150 g/mol. The molecule has 18 nitrogen and oxygen atoms in total. The molecule has 0 spiro atoms. The van der Waals surface area contributed by atoms with Crippen molar-refractivity contribution in [3.63, 3.8) is 0 Å². The first-order chi connectivity index (χ1) is 42.8. The van der Waals surface area contributed by atoms with Crippen molar-refractivity contribution in [3.8, 4) is 36.0 Å². The van der Waals surface area contributed by atoms with E-state index in [9.17, 15) is 30.6 Å². The lowest BCUT2D eigenvalue weighted by atomic mass is 9.91. The molecule has 0 radical (unpaired) electrons. The highest BCUT2D eigenvalue weighted by Crippen LogP contribution is 2.45. The number of amides is 2. The Morgan fingerprint density at radius 1 is 0.602 bits per heavy atom. The number of nitriles is 4. The largest absolute Gasteiger partial charge is 0.475 e. The number of benzene rings is 4. The number of carbonyl (C=O) groups is 2. The molecule has 8 heterocycles. The number of halogens is 2. The van der Waals surface area contributed by atoms with Crippen LogP contribution in [0.15, 0.2) is 92.0 Å². The van der Waals surface area contributed by atoms with Crippen LogP contribution in [0.1, 0.15) is 77.0 Å². The lowest BCUT2D eigenvalue weighted by molar-refractivity contribution is -0.129. The highest BCUT2D eigenvalue weighted by Gasteiger charge is 2.39. The minimum absolute atomic E-state index is 0.0583. The van der Waals surface area contributed by atoms with E-state index in [2.05, 4.69) is 117 Å². The van der Waals surface area contributed by atoms with Crippen LogP contribution in [0.5, 0.6) is 11.8 Å². The maximum absolute atomic E-state index is 13.0. The van der Waals surface area contributed by atoms with Gasteiger partial charge in [-0.25, -0.2) is 0 Å². The van der Waals surface area contributed by atoms with Crippen LogP contribution in [-0.4, -0.2) is 158 Å². The van der Waals surface area contributed by atoms with E-state index in [1.54, 1.807) is 9.80 Å². The molecule has 6 aromatic rings. The van der Waals surface area contributed by atoms with Gasteiger partial charge >= 0.3 is 0 Å². The Balaban J connectivity index is 0.851. The number of anilines is 4. The van der Waals surface area contributed by atoms with Gasteiger partial charge in [-0.15, -0.1) is 0 Å². The Morgan fingerprint density at radius 2 is 1.12 bits per heavy atom. The number of piperazine rings is 2. The van der Waals surface area contributed by atoms with Crippen LogP contribution in [0, 0.1) is 45.3 Å². The van der Waals surface area contributed by atoms with Crippen molar-refractivity contribution in [2.45, 2.75) is 88.1 Å². The molecule has 450 valence electrons. The van der Waals surface area contributed by atoms with Crippen LogP contribution in [0.2, 0.25) is 10.0 Å². The van der Waals surface area contributed by atoms with Gasteiger partial charge in [0.05, 0.1) is 47.1 Å². The van der Waals surface area contributed by atoms with Crippen LogP contribution in [0.3, 0.4) is 0 Å². The molecule has 88 heavy (non-hydrogen) atoms. The van der Waals surface area contributed by atoms with Gasteiger partial charge in [0.2, 0.25) is 23.6 Å². The maximum Gasteiger partial charge on any atom is 0.246 e. The number of carbonyl (C=O) groups excluding carboxylic acids is 2. The molecule has 0 N–H and O–H groups in total. The number of likely N-dealkylation sites (tertiary alicyclic amines) is 2. The fraction of sp³-hybridized carbons (Fsp3) is 0.412. The zero-order valence-electron chi connectivity index (χ0n) is 49.8.